The molecule has 0 bridgehead atoms. The number of hydrogen-bond acceptors (Lipinski definition) is 7. The summed E-state index contributed by atoms with van der Waals surface area (Å²) in [4.78, 5) is 26.3. The average molecular weight is 508 g/mol. The molecule has 0 aliphatic carbocycles. The lowest BCUT2D eigenvalue weighted by molar-refractivity contribution is -0.119. The number of nitrogens with two attached hydrogens (primary N) is 1. The largest absolute Gasteiger partial charge is 0.457 e. The quantitative estimate of drug-likeness (QED) is 0.404. The molecule has 37 heavy (non-hydrogen) atoms. The molecular weight excluding hydrogens is 474 g/mol. The highest BCUT2D eigenvalue weighted by Gasteiger charge is 2.25. The van der Waals surface area contributed by atoms with Crippen LogP contribution in [0.1, 0.15) is 44.6 Å². The fourth-order valence-corrected chi connectivity index (χ4v) is 4.03. The van der Waals surface area contributed by atoms with E-state index >= 15 is 0 Å². The molecule has 1 atom stereocenters. The second-order valence-electron chi connectivity index (χ2n) is 9.94. The lowest BCUT2D eigenvalue weighted by atomic mass is 9.93. The van der Waals surface area contributed by atoms with Crippen molar-refractivity contribution in [1.29, 1.82) is 0 Å². The number of hydrogen-bond donors (Lipinski definition) is 3. The maximum Gasteiger partial charge on any atom is 0.324 e. The van der Waals surface area contributed by atoms with Crippen LogP contribution < -0.4 is 21.1 Å². The molecule has 196 valence electrons. The molecule has 10 heteroatoms. The molecule has 4 N–H and O–H groups in total. The van der Waals surface area contributed by atoms with Gasteiger partial charge < -0.3 is 25.0 Å². The van der Waals surface area contributed by atoms with E-state index in [-0.39, 0.29) is 23.8 Å². The summed E-state index contributed by atoms with van der Waals surface area (Å²) in [5.74, 6) is 1.91. The molecule has 10 nitrogen and oxygen atoms in total. The van der Waals surface area contributed by atoms with E-state index in [1.807, 2.05) is 45.0 Å². The van der Waals surface area contributed by atoms with E-state index < -0.39 is 6.03 Å². The van der Waals surface area contributed by atoms with E-state index in [9.17, 15) is 9.59 Å². The zero-order valence-corrected chi connectivity index (χ0v) is 21.3. The highest BCUT2D eigenvalue weighted by molar-refractivity contribution is 5.99. The summed E-state index contributed by atoms with van der Waals surface area (Å²) in [5.41, 5.74) is 6.88. The van der Waals surface area contributed by atoms with Gasteiger partial charge in [0.2, 0.25) is 5.91 Å². The van der Waals surface area contributed by atoms with Crippen molar-refractivity contribution in [2.75, 3.05) is 36.9 Å². The van der Waals surface area contributed by atoms with Crippen LogP contribution in [0.25, 0.3) is 0 Å². The normalized spacial score (nSPS) is 15.1. The van der Waals surface area contributed by atoms with Gasteiger partial charge in [-0.2, -0.15) is 0 Å². The minimum atomic E-state index is -0.432. The van der Waals surface area contributed by atoms with Crippen LogP contribution in [0.5, 0.6) is 11.5 Å². The van der Waals surface area contributed by atoms with Gasteiger partial charge in [-0.3, -0.25) is 15.0 Å². The number of carbonyl (C=O) groups is 2. The minimum absolute atomic E-state index is 0.140. The van der Waals surface area contributed by atoms with Crippen LogP contribution in [0.2, 0.25) is 0 Å². The van der Waals surface area contributed by atoms with Crippen molar-refractivity contribution in [3.63, 3.8) is 0 Å². The molecule has 4 rings (SSSR count). The molecule has 1 saturated heterocycles. The second kappa shape index (κ2) is 11.4. The molecule has 3 amide bonds. The third kappa shape index (κ3) is 7.31. The van der Waals surface area contributed by atoms with Crippen LogP contribution in [0, 0.1) is 0 Å². The Hall–Kier alpha value is -3.89. The summed E-state index contributed by atoms with van der Waals surface area (Å²) in [7, 11) is 0. The predicted molar refractivity (Wildman–Crippen MR) is 140 cm³/mol. The van der Waals surface area contributed by atoms with Crippen molar-refractivity contribution in [3.05, 3.63) is 65.9 Å². The summed E-state index contributed by atoms with van der Waals surface area (Å²) in [6, 6.07) is 15.8. The molecule has 0 radical (unpaired) electrons. The van der Waals surface area contributed by atoms with E-state index in [1.54, 1.807) is 30.3 Å². The van der Waals surface area contributed by atoms with Crippen molar-refractivity contribution in [1.82, 2.24) is 10.1 Å². The Bertz CT molecular complexity index is 1210. The van der Waals surface area contributed by atoms with Gasteiger partial charge in [-0.05, 0) is 42.0 Å². The van der Waals surface area contributed by atoms with Crippen LogP contribution in [0.4, 0.5) is 16.3 Å². The lowest BCUT2D eigenvalue weighted by Crippen LogP contribution is -2.40. The summed E-state index contributed by atoms with van der Waals surface area (Å²) in [6.45, 7) is 8.72. The highest BCUT2D eigenvalue weighted by atomic mass is 16.5. The Balaban J connectivity index is 1.37. The van der Waals surface area contributed by atoms with Gasteiger partial charge in [0, 0.05) is 42.7 Å². The zero-order valence-electron chi connectivity index (χ0n) is 21.3. The molecule has 2 aromatic carbocycles. The third-order valence-corrected chi connectivity index (χ3v) is 5.96. The highest BCUT2D eigenvalue weighted by Crippen LogP contribution is 2.30. The Morgan fingerprint density at radius 1 is 1.05 bits per heavy atom. The number of carbonyl (C=O) groups excluding carboxylic acids is 2. The fraction of sp³-hybridized carbons (Fsp3) is 0.370. The van der Waals surface area contributed by atoms with Gasteiger partial charge in [-0.25, -0.2) is 4.79 Å². The molecular formula is C27H33N5O5. The van der Waals surface area contributed by atoms with Crippen LogP contribution in [-0.2, 0) is 14.9 Å². The Labute approximate surface area is 216 Å². The molecule has 2 heterocycles. The predicted octanol–water partition coefficient (Wildman–Crippen LogP) is 4.66. The van der Waals surface area contributed by atoms with Gasteiger partial charge in [0.1, 0.15) is 17.3 Å². The van der Waals surface area contributed by atoms with Crippen LogP contribution in [0.15, 0.2) is 59.1 Å². The van der Waals surface area contributed by atoms with Gasteiger partial charge in [0.05, 0.1) is 13.2 Å². The average Bonchev–Trinajstić information content (AvgIpc) is 3.33. The van der Waals surface area contributed by atoms with Crippen molar-refractivity contribution < 1.29 is 23.6 Å². The van der Waals surface area contributed by atoms with Crippen molar-refractivity contribution in [3.8, 4) is 11.5 Å². The maximum absolute atomic E-state index is 12.3. The number of urea groups is 1. The smallest absolute Gasteiger partial charge is 0.324 e. The molecule has 1 aliphatic rings. The monoisotopic (exact) mass is 507 g/mol. The number of nitrogens with zero attached hydrogens (tertiary/aromatic N) is 2. The molecule has 1 unspecified atom stereocenters. The number of ether oxygens (including phenoxy) is 2. The van der Waals surface area contributed by atoms with Crippen molar-refractivity contribution in [2.45, 2.75) is 38.6 Å². The lowest BCUT2D eigenvalue weighted by Gasteiger charge is -2.34. The number of rotatable bonds is 8. The van der Waals surface area contributed by atoms with Crippen LogP contribution in [0.3, 0.4) is 0 Å². The van der Waals surface area contributed by atoms with Gasteiger partial charge in [-0.1, -0.05) is 38.1 Å². The van der Waals surface area contributed by atoms with Gasteiger partial charge in [0.15, 0.2) is 5.82 Å². The van der Waals surface area contributed by atoms with E-state index in [2.05, 4.69) is 20.7 Å². The molecule has 1 aromatic heterocycles. The standard InChI is InChI=1S/C27H33N5O5/c1-27(2,3)23-17-25(31-37-23)30-26(34)29-19-7-9-20(10-8-19)36-21-6-4-5-18(15-21)22(16-24(28)33)32-11-13-35-14-12-32/h4-10,15,17,22H,11-14,16H2,1-3H3,(H2,28,33)(H2,29,30,31,34). The SMILES string of the molecule is CC(C)(C)c1cc(NC(=O)Nc2ccc(Oc3cccc(C(CC(N)=O)N4CCOCC4)c3)cc2)no1. The number of amides is 3. The first kappa shape index (κ1) is 26.2. The number of anilines is 2. The number of morpholine rings is 1. The van der Waals surface area contributed by atoms with Crippen molar-refractivity contribution in [2.24, 2.45) is 5.73 Å². The molecule has 1 fully saturated rings. The topological polar surface area (TPSA) is 132 Å². The van der Waals surface area contributed by atoms with Gasteiger partial charge >= 0.3 is 6.03 Å². The number of nitrogens with one attached hydrogen (secondary N) is 2. The number of aromatic nitrogens is 1. The second-order valence-corrected chi connectivity index (χ2v) is 9.94. The summed E-state index contributed by atoms with van der Waals surface area (Å²) < 4.78 is 16.8. The summed E-state index contributed by atoms with van der Waals surface area (Å²) >= 11 is 0. The van der Waals surface area contributed by atoms with Crippen molar-refractivity contribution >= 4 is 23.4 Å². The fourth-order valence-electron chi connectivity index (χ4n) is 4.03. The van der Waals surface area contributed by atoms with E-state index in [0.29, 0.717) is 42.0 Å². The first-order valence-electron chi connectivity index (χ1n) is 12.2. The molecule has 3 aromatic rings. The number of primary amides is 1. The molecule has 1 aliphatic heterocycles. The Morgan fingerprint density at radius 3 is 2.43 bits per heavy atom. The Morgan fingerprint density at radius 2 is 1.78 bits per heavy atom. The van der Waals surface area contributed by atoms with Gasteiger partial charge in [0.25, 0.3) is 0 Å². The third-order valence-electron chi connectivity index (χ3n) is 5.96. The summed E-state index contributed by atoms with van der Waals surface area (Å²) in [6.07, 6.45) is 0.220. The first-order valence-corrected chi connectivity index (χ1v) is 12.2. The number of benzene rings is 2. The first-order chi connectivity index (χ1) is 17.7. The van der Waals surface area contributed by atoms with E-state index in [4.69, 9.17) is 19.7 Å². The van der Waals surface area contributed by atoms with Crippen LogP contribution >= 0.6 is 0 Å². The maximum atomic E-state index is 12.3. The Kier molecular flexibility index (Phi) is 8.10. The summed E-state index contributed by atoms with van der Waals surface area (Å²) in [5, 5.41) is 9.31. The minimum Gasteiger partial charge on any atom is -0.457 e. The van der Waals surface area contributed by atoms with Crippen LogP contribution in [-0.4, -0.2) is 48.3 Å². The van der Waals surface area contributed by atoms with Gasteiger partial charge in [-0.15, -0.1) is 0 Å². The van der Waals surface area contributed by atoms with E-state index in [0.717, 1.165) is 18.7 Å². The molecule has 0 spiro atoms. The zero-order chi connectivity index (χ0) is 26.4. The van der Waals surface area contributed by atoms with E-state index in [1.165, 1.54) is 0 Å². The molecule has 0 saturated carbocycles.